The van der Waals surface area contributed by atoms with Gasteiger partial charge in [-0.05, 0) is 54.9 Å². The predicted octanol–water partition coefficient (Wildman–Crippen LogP) is 4.47. The minimum absolute atomic E-state index is 0.163. The first-order valence-electron chi connectivity index (χ1n) is 12.7. The molecule has 3 aromatic rings. The fraction of sp³-hybridized carbons (Fsp3) is 0.464. The van der Waals surface area contributed by atoms with Gasteiger partial charge in [0.05, 0.1) is 0 Å². The number of amides is 1. The first-order chi connectivity index (χ1) is 16.2. The van der Waals surface area contributed by atoms with Crippen molar-refractivity contribution >= 4 is 16.8 Å². The Morgan fingerprint density at radius 1 is 0.879 bits per heavy atom. The second-order valence-corrected chi connectivity index (χ2v) is 10.1. The highest BCUT2D eigenvalue weighted by atomic mass is 16.2. The zero-order valence-electron chi connectivity index (χ0n) is 19.4. The van der Waals surface area contributed by atoms with E-state index in [1.807, 2.05) is 11.0 Å². The fourth-order valence-electron chi connectivity index (χ4n) is 5.74. The second-order valence-electron chi connectivity index (χ2n) is 10.1. The van der Waals surface area contributed by atoms with Crippen molar-refractivity contribution in [2.45, 2.75) is 44.2 Å². The van der Waals surface area contributed by atoms with Crippen LogP contribution in [0.5, 0.6) is 0 Å². The Balaban J connectivity index is 1.08. The van der Waals surface area contributed by atoms with Crippen molar-refractivity contribution in [3.63, 3.8) is 0 Å². The van der Waals surface area contributed by atoms with Gasteiger partial charge in [-0.1, -0.05) is 36.4 Å². The van der Waals surface area contributed by atoms with Crippen LogP contribution in [-0.2, 0) is 6.54 Å². The molecule has 172 valence electrons. The number of benzene rings is 2. The zero-order valence-corrected chi connectivity index (χ0v) is 19.4. The van der Waals surface area contributed by atoms with Crippen LogP contribution in [0, 0.1) is 0 Å². The number of H-pyrrole nitrogens is 1. The number of likely N-dealkylation sites (tertiary alicyclic amines) is 1. The van der Waals surface area contributed by atoms with Gasteiger partial charge in [0.2, 0.25) is 0 Å². The highest BCUT2D eigenvalue weighted by Crippen LogP contribution is 2.30. The molecule has 0 unspecified atom stereocenters. The van der Waals surface area contributed by atoms with E-state index in [4.69, 9.17) is 0 Å². The van der Waals surface area contributed by atoms with Crippen LogP contribution in [0.15, 0.2) is 54.7 Å². The van der Waals surface area contributed by atoms with Crippen molar-refractivity contribution in [1.82, 2.24) is 19.7 Å². The van der Waals surface area contributed by atoms with E-state index < -0.39 is 0 Å². The Morgan fingerprint density at radius 3 is 2.36 bits per heavy atom. The molecule has 1 amide bonds. The molecular formula is C28H34N4O. The lowest BCUT2D eigenvalue weighted by atomic mass is 9.89. The lowest BCUT2D eigenvalue weighted by Gasteiger charge is -2.34. The van der Waals surface area contributed by atoms with Crippen molar-refractivity contribution in [3.8, 4) is 0 Å². The number of rotatable bonds is 5. The van der Waals surface area contributed by atoms with Gasteiger partial charge in [-0.2, -0.15) is 0 Å². The average Bonchev–Trinajstić information content (AvgIpc) is 3.66. The third-order valence-electron chi connectivity index (χ3n) is 7.93. The lowest BCUT2D eigenvalue weighted by molar-refractivity contribution is 0.0713. The number of carbonyl (C=O) groups is 1. The summed E-state index contributed by atoms with van der Waals surface area (Å²) in [7, 11) is 0. The summed E-state index contributed by atoms with van der Waals surface area (Å²) in [6, 6.07) is 17.8. The number of hydrogen-bond donors (Lipinski definition) is 1. The zero-order chi connectivity index (χ0) is 22.2. The summed E-state index contributed by atoms with van der Waals surface area (Å²) < 4.78 is 0. The average molecular weight is 443 g/mol. The van der Waals surface area contributed by atoms with E-state index in [0.717, 1.165) is 62.7 Å². The van der Waals surface area contributed by atoms with Gasteiger partial charge in [0.25, 0.3) is 5.91 Å². The first-order valence-corrected chi connectivity index (χ1v) is 12.7. The van der Waals surface area contributed by atoms with Gasteiger partial charge < -0.3 is 9.88 Å². The topological polar surface area (TPSA) is 42.6 Å². The molecule has 1 saturated carbocycles. The van der Waals surface area contributed by atoms with Crippen molar-refractivity contribution in [2.24, 2.45) is 0 Å². The summed E-state index contributed by atoms with van der Waals surface area (Å²) in [5.41, 5.74) is 4.62. The Bertz CT molecular complexity index is 1100. The van der Waals surface area contributed by atoms with Gasteiger partial charge in [-0.3, -0.25) is 14.6 Å². The number of piperidine rings is 1. The third-order valence-corrected chi connectivity index (χ3v) is 7.93. The first kappa shape index (κ1) is 20.9. The summed E-state index contributed by atoms with van der Waals surface area (Å²) in [5.74, 6) is 0.727. The maximum absolute atomic E-state index is 13.2. The Labute approximate surface area is 196 Å². The fourth-order valence-corrected chi connectivity index (χ4v) is 5.74. The van der Waals surface area contributed by atoms with Crippen LogP contribution in [0.2, 0.25) is 0 Å². The third kappa shape index (κ3) is 4.44. The number of nitrogens with one attached hydrogen (secondary N) is 1. The standard InChI is InChI=1S/C28H34N4O/c33-28(32-12-10-22(11-13-32)21-4-2-1-3-5-21)23-6-9-26-24(19-29-27(26)18-23)20-30-14-16-31(17-15-30)25-7-8-25/h1-6,9,18-19,22,25,29H,7-8,10-17,20H2. The molecule has 1 aromatic heterocycles. The maximum Gasteiger partial charge on any atom is 0.253 e. The van der Waals surface area contributed by atoms with Crippen LogP contribution in [0.1, 0.15) is 53.1 Å². The van der Waals surface area contributed by atoms with Gasteiger partial charge in [0.1, 0.15) is 0 Å². The summed E-state index contributed by atoms with van der Waals surface area (Å²) in [4.78, 5) is 23.9. The van der Waals surface area contributed by atoms with Gasteiger partial charge in [-0.25, -0.2) is 0 Å². The number of aromatic nitrogens is 1. The summed E-state index contributed by atoms with van der Waals surface area (Å²) in [5, 5.41) is 1.25. The van der Waals surface area contributed by atoms with Crippen LogP contribution in [-0.4, -0.2) is 70.9 Å². The molecule has 0 atom stereocenters. The smallest absolute Gasteiger partial charge is 0.253 e. The van der Waals surface area contributed by atoms with E-state index >= 15 is 0 Å². The SMILES string of the molecule is O=C(c1ccc2c(CN3CCN(C4CC4)CC3)c[nH]c2c1)N1CCC(c2ccccc2)CC1. The molecule has 0 radical (unpaired) electrons. The molecule has 3 fully saturated rings. The quantitative estimate of drug-likeness (QED) is 0.634. The highest BCUT2D eigenvalue weighted by Gasteiger charge is 2.31. The molecule has 1 aliphatic carbocycles. The van der Waals surface area contributed by atoms with Crippen molar-refractivity contribution in [3.05, 3.63) is 71.4 Å². The van der Waals surface area contributed by atoms with Crippen LogP contribution >= 0.6 is 0 Å². The van der Waals surface area contributed by atoms with Crippen LogP contribution in [0.3, 0.4) is 0 Å². The number of nitrogens with zero attached hydrogens (tertiary/aromatic N) is 3. The molecule has 2 saturated heterocycles. The molecule has 3 aliphatic rings. The van der Waals surface area contributed by atoms with E-state index in [0.29, 0.717) is 5.92 Å². The predicted molar refractivity (Wildman–Crippen MR) is 132 cm³/mol. The number of hydrogen-bond acceptors (Lipinski definition) is 3. The van der Waals surface area contributed by atoms with E-state index in [9.17, 15) is 4.79 Å². The second kappa shape index (κ2) is 8.96. The van der Waals surface area contributed by atoms with Gasteiger partial charge in [0.15, 0.2) is 0 Å². The molecule has 2 aliphatic heterocycles. The minimum atomic E-state index is 0.163. The van der Waals surface area contributed by atoms with Gasteiger partial charge in [-0.15, -0.1) is 0 Å². The normalized spacial score (nSPS) is 21.0. The van der Waals surface area contributed by atoms with Crippen LogP contribution in [0.4, 0.5) is 0 Å². The summed E-state index contributed by atoms with van der Waals surface area (Å²) >= 11 is 0. The maximum atomic E-state index is 13.2. The van der Waals surface area contributed by atoms with Crippen molar-refractivity contribution < 1.29 is 4.79 Å². The molecule has 5 heteroatoms. The van der Waals surface area contributed by atoms with Crippen LogP contribution in [0.25, 0.3) is 10.9 Å². The molecule has 0 spiro atoms. The number of fused-ring (bicyclic) bond motifs is 1. The van der Waals surface area contributed by atoms with Crippen molar-refractivity contribution in [2.75, 3.05) is 39.3 Å². The lowest BCUT2D eigenvalue weighted by Crippen LogP contribution is -2.46. The monoisotopic (exact) mass is 442 g/mol. The molecule has 0 bridgehead atoms. The van der Waals surface area contributed by atoms with Gasteiger partial charge in [0, 0.05) is 74.5 Å². The molecule has 1 N–H and O–H groups in total. The largest absolute Gasteiger partial charge is 0.361 e. The molecular weight excluding hydrogens is 408 g/mol. The highest BCUT2D eigenvalue weighted by molar-refractivity contribution is 5.98. The summed E-state index contributed by atoms with van der Waals surface area (Å²) in [6.07, 6.45) is 7.01. The molecule has 33 heavy (non-hydrogen) atoms. The Kier molecular flexibility index (Phi) is 5.68. The van der Waals surface area contributed by atoms with E-state index in [1.165, 1.54) is 42.4 Å². The molecule has 2 aromatic carbocycles. The molecule has 5 nitrogen and oxygen atoms in total. The number of carbonyl (C=O) groups excluding carboxylic acids is 1. The summed E-state index contributed by atoms with van der Waals surface area (Å²) in [6.45, 7) is 7.36. The van der Waals surface area contributed by atoms with E-state index in [-0.39, 0.29) is 5.91 Å². The van der Waals surface area contributed by atoms with Crippen molar-refractivity contribution in [1.29, 1.82) is 0 Å². The van der Waals surface area contributed by atoms with E-state index in [1.54, 1.807) is 0 Å². The van der Waals surface area contributed by atoms with Gasteiger partial charge >= 0.3 is 0 Å². The van der Waals surface area contributed by atoms with E-state index in [2.05, 4.69) is 63.4 Å². The Hall–Kier alpha value is -2.63. The molecule has 6 rings (SSSR count). The number of piperazine rings is 1. The van der Waals surface area contributed by atoms with Crippen LogP contribution < -0.4 is 0 Å². The minimum Gasteiger partial charge on any atom is -0.361 e. The molecule has 3 heterocycles. The number of aromatic amines is 1. The Morgan fingerprint density at radius 2 is 1.64 bits per heavy atom.